The first kappa shape index (κ1) is 28.8. The summed E-state index contributed by atoms with van der Waals surface area (Å²) in [4.78, 5) is 17.6. The highest BCUT2D eigenvalue weighted by Crippen LogP contribution is 2.34. The molecule has 0 aliphatic heterocycles. The van der Waals surface area contributed by atoms with Crippen LogP contribution in [-0.2, 0) is 27.4 Å². The van der Waals surface area contributed by atoms with E-state index in [9.17, 15) is 31.5 Å². The summed E-state index contributed by atoms with van der Waals surface area (Å²) in [7, 11) is -2.30. The monoisotopic (exact) mass is 573 g/mol. The Morgan fingerprint density at radius 3 is 2.38 bits per heavy atom. The number of carbonyl (C=O) groups is 1. The summed E-state index contributed by atoms with van der Waals surface area (Å²) in [6, 6.07) is 16.7. The van der Waals surface area contributed by atoms with Crippen molar-refractivity contribution in [2.24, 2.45) is 0 Å². The van der Waals surface area contributed by atoms with E-state index in [1.165, 1.54) is 49.6 Å². The number of nitrogens with zero attached hydrogens (tertiary/aromatic N) is 1. The number of nitrogens with one attached hydrogen (secondary N) is 2. The summed E-state index contributed by atoms with van der Waals surface area (Å²) in [5.74, 6) is -0.472. The summed E-state index contributed by atoms with van der Waals surface area (Å²) in [6.45, 7) is 0.176. The molecule has 0 aliphatic rings. The summed E-state index contributed by atoms with van der Waals surface area (Å²) >= 11 is 0. The van der Waals surface area contributed by atoms with Crippen LogP contribution in [0.2, 0.25) is 0 Å². The van der Waals surface area contributed by atoms with Crippen LogP contribution in [0.1, 0.15) is 21.6 Å². The molecule has 0 fully saturated rings. The van der Waals surface area contributed by atoms with Crippen molar-refractivity contribution in [2.75, 3.05) is 24.7 Å². The molecule has 1 amide bonds. The van der Waals surface area contributed by atoms with Crippen LogP contribution in [0.5, 0.6) is 5.75 Å². The van der Waals surface area contributed by atoms with Crippen LogP contribution < -0.4 is 10.0 Å². The van der Waals surface area contributed by atoms with Crippen LogP contribution in [0.15, 0.2) is 72.8 Å². The molecule has 0 saturated heterocycles. The number of hydrogen-bond donors (Lipinski definition) is 3. The SMILES string of the molecule is COC[C@H](Cc1ccc(O)cc1)NC(=O)c1cc(NS(C)(=O)=O)c2cc(-c3cccc(C(F)(F)F)c3)ccc2n1. The van der Waals surface area contributed by atoms with Gasteiger partial charge in [0.25, 0.3) is 5.91 Å². The predicted octanol–water partition coefficient (Wildman–Crippen LogP) is 4.99. The smallest absolute Gasteiger partial charge is 0.416 e. The summed E-state index contributed by atoms with van der Waals surface area (Å²) < 4.78 is 71.6. The lowest BCUT2D eigenvalue weighted by molar-refractivity contribution is -0.137. The van der Waals surface area contributed by atoms with Crippen molar-refractivity contribution in [2.45, 2.75) is 18.6 Å². The van der Waals surface area contributed by atoms with Gasteiger partial charge in [0.1, 0.15) is 11.4 Å². The Morgan fingerprint density at radius 1 is 1.02 bits per heavy atom. The normalized spacial score (nSPS) is 12.7. The number of halogens is 3. The molecular weight excluding hydrogens is 547 g/mol. The van der Waals surface area contributed by atoms with E-state index in [1.54, 1.807) is 18.2 Å². The highest BCUT2D eigenvalue weighted by molar-refractivity contribution is 7.92. The molecule has 0 spiro atoms. The maximum Gasteiger partial charge on any atom is 0.416 e. The van der Waals surface area contributed by atoms with Gasteiger partial charge >= 0.3 is 6.18 Å². The molecule has 0 aliphatic carbocycles. The minimum atomic E-state index is -4.53. The largest absolute Gasteiger partial charge is 0.508 e. The zero-order chi connectivity index (χ0) is 29.1. The quantitative estimate of drug-likeness (QED) is 0.260. The molecule has 0 bridgehead atoms. The Bertz CT molecular complexity index is 1640. The van der Waals surface area contributed by atoms with E-state index in [2.05, 4.69) is 15.0 Å². The number of carbonyl (C=O) groups excluding carboxylic acids is 1. The first-order valence-electron chi connectivity index (χ1n) is 12.0. The summed E-state index contributed by atoms with van der Waals surface area (Å²) in [6.07, 6.45) is -3.19. The van der Waals surface area contributed by atoms with E-state index in [4.69, 9.17) is 4.74 Å². The fourth-order valence-corrected chi connectivity index (χ4v) is 4.78. The minimum Gasteiger partial charge on any atom is -0.508 e. The Balaban J connectivity index is 1.70. The van der Waals surface area contributed by atoms with Gasteiger partial charge in [-0.1, -0.05) is 30.3 Å². The van der Waals surface area contributed by atoms with Gasteiger partial charge in [-0.25, -0.2) is 13.4 Å². The fraction of sp³-hybridized carbons (Fsp3) is 0.214. The summed E-state index contributed by atoms with van der Waals surface area (Å²) in [5, 5.41) is 12.6. The number of hydrogen-bond acceptors (Lipinski definition) is 6. The van der Waals surface area contributed by atoms with Gasteiger partial charge in [0.05, 0.1) is 35.7 Å². The molecule has 0 saturated carbocycles. The highest BCUT2D eigenvalue weighted by atomic mass is 32.2. The van der Waals surface area contributed by atoms with Crippen molar-refractivity contribution in [3.63, 3.8) is 0 Å². The van der Waals surface area contributed by atoms with E-state index in [0.29, 0.717) is 17.4 Å². The molecule has 40 heavy (non-hydrogen) atoms. The first-order chi connectivity index (χ1) is 18.8. The molecule has 0 radical (unpaired) electrons. The van der Waals surface area contributed by atoms with E-state index < -0.39 is 33.7 Å². The number of sulfonamides is 1. The van der Waals surface area contributed by atoms with Crippen molar-refractivity contribution in [1.29, 1.82) is 0 Å². The Labute approximate surface area is 228 Å². The third kappa shape index (κ3) is 7.27. The molecule has 3 aromatic carbocycles. The second-order valence-electron chi connectivity index (χ2n) is 9.24. The Kier molecular flexibility index (Phi) is 8.31. The molecule has 12 heteroatoms. The maximum atomic E-state index is 13.2. The van der Waals surface area contributed by atoms with Gasteiger partial charge in [0.2, 0.25) is 10.0 Å². The van der Waals surface area contributed by atoms with Crippen molar-refractivity contribution < 1.29 is 36.2 Å². The van der Waals surface area contributed by atoms with Crippen LogP contribution in [0.4, 0.5) is 18.9 Å². The number of rotatable bonds is 9. The van der Waals surface area contributed by atoms with E-state index >= 15 is 0 Å². The van der Waals surface area contributed by atoms with Crippen molar-refractivity contribution in [1.82, 2.24) is 10.3 Å². The standard InChI is InChI=1S/C28H26F3N3O5S/c1-39-16-21(12-17-6-9-22(35)10-7-17)32-27(36)26-15-25(34-40(2,37)38)23-14-19(8-11-24(23)33-26)18-4-3-5-20(13-18)28(29,30)31/h3-11,13-15,21,35H,12,16H2,1-2H3,(H,32,36)(H,33,34)/t21-/m0/s1. The lowest BCUT2D eigenvalue weighted by Gasteiger charge is -2.19. The zero-order valence-corrected chi connectivity index (χ0v) is 22.3. The number of alkyl halides is 3. The van der Waals surface area contributed by atoms with Crippen LogP contribution >= 0.6 is 0 Å². The first-order valence-corrected chi connectivity index (χ1v) is 13.9. The molecule has 4 aromatic rings. The van der Waals surface area contributed by atoms with Gasteiger partial charge in [-0.2, -0.15) is 13.2 Å². The third-order valence-corrected chi connectivity index (χ3v) is 6.57. The second kappa shape index (κ2) is 11.5. The number of ether oxygens (including phenoxy) is 1. The zero-order valence-electron chi connectivity index (χ0n) is 21.5. The van der Waals surface area contributed by atoms with Gasteiger partial charge in [-0.05, 0) is 65.6 Å². The van der Waals surface area contributed by atoms with Crippen molar-refractivity contribution >= 4 is 32.5 Å². The lowest BCUT2D eigenvalue weighted by atomic mass is 10.00. The number of benzene rings is 3. The van der Waals surface area contributed by atoms with Crippen LogP contribution in [0.25, 0.3) is 22.0 Å². The van der Waals surface area contributed by atoms with E-state index in [-0.39, 0.29) is 34.8 Å². The van der Waals surface area contributed by atoms with Crippen molar-refractivity contribution in [3.05, 3.63) is 89.6 Å². The third-order valence-electron chi connectivity index (χ3n) is 5.98. The molecule has 1 atom stereocenters. The molecule has 8 nitrogen and oxygen atoms in total. The maximum absolute atomic E-state index is 13.2. The number of pyridine rings is 1. The molecule has 4 rings (SSSR count). The van der Waals surface area contributed by atoms with Gasteiger partial charge in [0.15, 0.2) is 0 Å². The van der Waals surface area contributed by atoms with Gasteiger partial charge in [0, 0.05) is 12.5 Å². The van der Waals surface area contributed by atoms with E-state index in [0.717, 1.165) is 24.0 Å². The number of fused-ring (bicyclic) bond motifs is 1. The van der Waals surface area contributed by atoms with Crippen molar-refractivity contribution in [3.8, 4) is 16.9 Å². The fourth-order valence-electron chi connectivity index (χ4n) is 4.21. The Hall–Kier alpha value is -4.16. The molecule has 1 aromatic heterocycles. The van der Waals surface area contributed by atoms with Crippen LogP contribution in [0, 0.1) is 0 Å². The summed E-state index contributed by atoms with van der Waals surface area (Å²) in [5.41, 5.74) is 0.946. The van der Waals surface area contributed by atoms with Gasteiger partial charge in [-0.3, -0.25) is 9.52 Å². The van der Waals surface area contributed by atoms with Crippen LogP contribution in [0.3, 0.4) is 0 Å². The van der Waals surface area contributed by atoms with Crippen LogP contribution in [-0.4, -0.2) is 50.4 Å². The minimum absolute atomic E-state index is 0.0494. The average molecular weight is 574 g/mol. The number of methoxy groups -OCH3 is 1. The van der Waals surface area contributed by atoms with E-state index in [1.807, 2.05) is 0 Å². The molecule has 3 N–H and O–H groups in total. The molecule has 0 unspecified atom stereocenters. The van der Waals surface area contributed by atoms with Gasteiger partial charge < -0.3 is 15.2 Å². The number of phenols is 1. The lowest BCUT2D eigenvalue weighted by Crippen LogP contribution is -2.40. The molecule has 1 heterocycles. The predicted molar refractivity (Wildman–Crippen MR) is 146 cm³/mol. The molecule has 210 valence electrons. The van der Waals surface area contributed by atoms with Gasteiger partial charge in [-0.15, -0.1) is 0 Å². The number of aromatic nitrogens is 1. The Morgan fingerprint density at radius 2 is 1.73 bits per heavy atom. The number of anilines is 1. The second-order valence-corrected chi connectivity index (χ2v) is 11.0. The topological polar surface area (TPSA) is 118 Å². The highest BCUT2D eigenvalue weighted by Gasteiger charge is 2.30. The number of amides is 1. The molecular formula is C28H26F3N3O5S. The number of aromatic hydroxyl groups is 1. The average Bonchev–Trinajstić information content (AvgIpc) is 2.88. The number of phenolic OH excluding ortho intramolecular Hbond substituents is 1.